The van der Waals surface area contributed by atoms with E-state index in [4.69, 9.17) is 11.5 Å². The monoisotopic (exact) mass is 321 g/mol. The second kappa shape index (κ2) is 6.23. The van der Waals surface area contributed by atoms with Crippen LogP contribution in [0.3, 0.4) is 0 Å². The zero-order valence-corrected chi connectivity index (χ0v) is 12.2. The quantitative estimate of drug-likeness (QED) is 0.865. The fourth-order valence-electron chi connectivity index (χ4n) is 2.62. The third-order valence-corrected chi connectivity index (χ3v) is 4.01. The first-order valence-electron chi connectivity index (χ1n) is 6.26. The second-order valence-corrected chi connectivity index (χ2v) is 5.73. The molecule has 0 saturated heterocycles. The SMILES string of the molecule is C#CCN(CC(=O)O)C1CCc2cc(Br)ccc2C1. The maximum absolute atomic E-state index is 10.9. The average Bonchev–Trinajstić information content (AvgIpc) is 2.37. The largest absolute Gasteiger partial charge is 0.480 e. The third-order valence-electron chi connectivity index (χ3n) is 3.52. The summed E-state index contributed by atoms with van der Waals surface area (Å²) >= 11 is 3.48. The maximum Gasteiger partial charge on any atom is 0.317 e. The summed E-state index contributed by atoms with van der Waals surface area (Å²) in [5.41, 5.74) is 2.65. The van der Waals surface area contributed by atoms with Crippen LogP contribution in [-0.4, -0.2) is 35.1 Å². The molecule has 1 aliphatic carbocycles. The molecule has 0 aromatic heterocycles. The molecule has 19 heavy (non-hydrogen) atoms. The summed E-state index contributed by atoms with van der Waals surface area (Å²) in [7, 11) is 0. The number of aliphatic carboxylic acids is 1. The van der Waals surface area contributed by atoms with E-state index in [9.17, 15) is 4.79 Å². The number of nitrogens with zero attached hydrogens (tertiary/aromatic N) is 1. The van der Waals surface area contributed by atoms with Crippen LogP contribution in [0.4, 0.5) is 0 Å². The van der Waals surface area contributed by atoms with E-state index in [1.807, 2.05) is 11.0 Å². The molecule has 1 aromatic rings. The van der Waals surface area contributed by atoms with Crippen LogP contribution in [0.2, 0.25) is 0 Å². The number of carboxylic acids is 1. The molecule has 0 heterocycles. The maximum atomic E-state index is 10.9. The van der Waals surface area contributed by atoms with Crippen LogP contribution in [0, 0.1) is 12.3 Å². The summed E-state index contributed by atoms with van der Waals surface area (Å²) < 4.78 is 1.09. The summed E-state index contributed by atoms with van der Waals surface area (Å²) in [6.45, 7) is 0.406. The second-order valence-electron chi connectivity index (χ2n) is 4.81. The fourth-order valence-corrected chi connectivity index (χ4v) is 3.03. The van der Waals surface area contributed by atoms with Gasteiger partial charge < -0.3 is 5.11 Å². The van der Waals surface area contributed by atoms with Crippen molar-refractivity contribution < 1.29 is 9.90 Å². The Kier molecular flexibility index (Phi) is 4.62. The highest BCUT2D eigenvalue weighted by atomic mass is 79.9. The Morgan fingerprint density at radius 1 is 1.53 bits per heavy atom. The molecule has 100 valence electrons. The number of fused-ring (bicyclic) bond motifs is 1. The molecule has 0 aliphatic heterocycles. The molecule has 1 unspecified atom stereocenters. The minimum Gasteiger partial charge on any atom is -0.480 e. The molecular formula is C15H16BrNO2. The van der Waals surface area contributed by atoms with Gasteiger partial charge in [-0.05, 0) is 42.5 Å². The Hall–Kier alpha value is -1.31. The van der Waals surface area contributed by atoms with Gasteiger partial charge >= 0.3 is 5.97 Å². The summed E-state index contributed by atoms with van der Waals surface area (Å²) in [4.78, 5) is 12.8. The highest BCUT2D eigenvalue weighted by Crippen LogP contribution is 2.27. The number of hydrogen-bond acceptors (Lipinski definition) is 2. The van der Waals surface area contributed by atoms with E-state index in [0.29, 0.717) is 6.54 Å². The summed E-state index contributed by atoms with van der Waals surface area (Å²) in [5.74, 6) is 1.74. The lowest BCUT2D eigenvalue weighted by Crippen LogP contribution is -2.42. The first kappa shape index (κ1) is 14.1. The Balaban J connectivity index is 2.13. The highest BCUT2D eigenvalue weighted by molar-refractivity contribution is 9.10. The van der Waals surface area contributed by atoms with Crippen LogP contribution in [0.25, 0.3) is 0 Å². The minimum atomic E-state index is -0.822. The molecule has 4 heteroatoms. The predicted molar refractivity (Wildman–Crippen MR) is 78.0 cm³/mol. The van der Waals surface area contributed by atoms with Crippen molar-refractivity contribution >= 4 is 21.9 Å². The summed E-state index contributed by atoms with van der Waals surface area (Å²) in [6.07, 6.45) is 8.14. The molecule has 1 N–H and O–H groups in total. The number of aryl methyl sites for hydroxylation is 1. The Morgan fingerprint density at radius 2 is 2.32 bits per heavy atom. The van der Waals surface area contributed by atoms with Gasteiger partial charge in [-0.15, -0.1) is 6.42 Å². The number of halogens is 1. The van der Waals surface area contributed by atoms with Gasteiger partial charge in [0, 0.05) is 10.5 Å². The minimum absolute atomic E-state index is 0.0146. The Bertz CT molecular complexity index is 521. The first-order chi connectivity index (χ1) is 9.10. The molecule has 0 saturated carbocycles. The van der Waals surface area contributed by atoms with E-state index in [-0.39, 0.29) is 12.6 Å². The van der Waals surface area contributed by atoms with E-state index >= 15 is 0 Å². The van der Waals surface area contributed by atoms with Crippen LogP contribution in [0.15, 0.2) is 22.7 Å². The zero-order chi connectivity index (χ0) is 13.8. The molecule has 0 amide bonds. The van der Waals surface area contributed by atoms with Gasteiger partial charge in [0.25, 0.3) is 0 Å². The number of hydrogen-bond donors (Lipinski definition) is 1. The highest BCUT2D eigenvalue weighted by Gasteiger charge is 2.25. The van der Waals surface area contributed by atoms with Crippen molar-refractivity contribution in [2.75, 3.05) is 13.1 Å². The zero-order valence-electron chi connectivity index (χ0n) is 10.6. The van der Waals surface area contributed by atoms with Gasteiger partial charge in [0.05, 0.1) is 13.1 Å². The van der Waals surface area contributed by atoms with Crippen molar-refractivity contribution in [1.29, 1.82) is 0 Å². The van der Waals surface area contributed by atoms with Gasteiger partial charge in [0.1, 0.15) is 0 Å². The van der Waals surface area contributed by atoms with Crippen LogP contribution >= 0.6 is 15.9 Å². The number of rotatable bonds is 4. The van der Waals surface area contributed by atoms with Crippen molar-refractivity contribution in [2.24, 2.45) is 0 Å². The summed E-state index contributed by atoms with van der Waals surface area (Å²) in [6, 6.07) is 6.51. The average molecular weight is 322 g/mol. The number of terminal acetylenes is 1. The third kappa shape index (κ3) is 3.59. The predicted octanol–water partition coefficient (Wildman–Crippen LogP) is 2.33. The van der Waals surface area contributed by atoms with E-state index in [2.05, 4.69) is 34.0 Å². The smallest absolute Gasteiger partial charge is 0.317 e. The molecule has 1 aromatic carbocycles. The Morgan fingerprint density at radius 3 is 3.00 bits per heavy atom. The van der Waals surface area contributed by atoms with Crippen molar-refractivity contribution in [3.05, 3.63) is 33.8 Å². The molecule has 3 nitrogen and oxygen atoms in total. The van der Waals surface area contributed by atoms with E-state index in [1.165, 1.54) is 11.1 Å². The van der Waals surface area contributed by atoms with Crippen molar-refractivity contribution in [1.82, 2.24) is 4.90 Å². The number of carboxylic acid groups (broad SMARTS) is 1. The lowest BCUT2D eigenvalue weighted by atomic mass is 9.87. The molecule has 1 atom stereocenters. The molecule has 1 aliphatic rings. The molecule has 2 rings (SSSR count). The molecular weight excluding hydrogens is 306 g/mol. The van der Waals surface area contributed by atoms with Crippen molar-refractivity contribution in [3.63, 3.8) is 0 Å². The van der Waals surface area contributed by atoms with E-state index in [1.54, 1.807) is 0 Å². The number of carbonyl (C=O) groups is 1. The van der Waals surface area contributed by atoms with Gasteiger partial charge in [-0.3, -0.25) is 9.69 Å². The van der Waals surface area contributed by atoms with Crippen LogP contribution < -0.4 is 0 Å². The van der Waals surface area contributed by atoms with Gasteiger partial charge in [-0.1, -0.05) is 27.9 Å². The van der Waals surface area contributed by atoms with E-state index < -0.39 is 5.97 Å². The molecule has 0 fully saturated rings. The topological polar surface area (TPSA) is 40.5 Å². The standard InChI is InChI=1S/C15H16BrNO2/c1-2-7-17(10-15(18)19)14-6-4-11-8-13(16)5-3-12(11)9-14/h1,3,5,8,14H,4,6-7,9-10H2,(H,18,19). The Labute approximate surface area is 121 Å². The molecule has 0 bridgehead atoms. The van der Waals surface area contributed by atoms with Gasteiger partial charge in [-0.2, -0.15) is 0 Å². The first-order valence-corrected chi connectivity index (χ1v) is 7.06. The summed E-state index contributed by atoms with van der Waals surface area (Å²) in [5, 5.41) is 8.96. The van der Waals surface area contributed by atoms with Crippen molar-refractivity contribution in [2.45, 2.75) is 25.3 Å². The molecule has 0 spiro atoms. The van der Waals surface area contributed by atoms with Crippen LogP contribution in [-0.2, 0) is 17.6 Å². The van der Waals surface area contributed by atoms with Crippen LogP contribution in [0.5, 0.6) is 0 Å². The van der Waals surface area contributed by atoms with Crippen LogP contribution in [0.1, 0.15) is 17.5 Å². The van der Waals surface area contributed by atoms with Gasteiger partial charge in [-0.25, -0.2) is 0 Å². The van der Waals surface area contributed by atoms with E-state index in [0.717, 1.165) is 23.7 Å². The molecule has 0 radical (unpaired) electrons. The van der Waals surface area contributed by atoms with Crippen molar-refractivity contribution in [3.8, 4) is 12.3 Å². The lowest BCUT2D eigenvalue weighted by Gasteiger charge is -2.33. The fraction of sp³-hybridized carbons (Fsp3) is 0.400. The lowest BCUT2D eigenvalue weighted by molar-refractivity contribution is -0.138. The normalized spacial score (nSPS) is 17.8. The number of benzene rings is 1. The van der Waals surface area contributed by atoms with Gasteiger partial charge in [0.15, 0.2) is 0 Å². The van der Waals surface area contributed by atoms with Gasteiger partial charge in [0.2, 0.25) is 0 Å².